The molecular weight excluding hydrogens is 364 g/mol. The molecule has 2 aromatic carbocycles. The van der Waals surface area contributed by atoms with Crippen LogP contribution in [0.25, 0.3) is 22.3 Å². The third-order valence-corrected chi connectivity index (χ3v) is 5.58. The number of aromatic amines is 1. The summed E-state index contributed by atoms with van der Waals surface area (Å²) in [6.45, 7) is 1.47. The highest BCUT2D eigenvalue weighted by Crippen LogP contribution is 2.32. The van der Waals surface area contributed by atoms with Crippen molar-refractivity contribution < 1.29 is 4.52 Å². The molecule has 1 N–H and O–H groups in total. The molecule has 4 aromatic rings. The van der Waals surface area contributed by atoms with Gasteiger partial charge in [-0.2, -0.15) is 4.98 Å². The van der Waals surface area contributed by atoms with Crippen LogP contribution in [-0.2, 0) is 6.54 Å². The first-order chi connectivity index (χ1) is 14.3. The molecule has 29 heavy (non-hydrogen) atoms. The zero-order valence-corrected chi connectivity index (χ0v) is 16.0. The van der Waals surface area contributed by atoms with Crippen molar-refractivity contribution in [3.8, 4) is 11.4 Å². The van der Waals surface area contributed by atoms with Crippen LogP contribution in [-0.4, -0.2) is 26.6 Å². The van der Waals surface area contributed by atoms with Gasteiger partial charge in [0, 0.05) is 23.2 Å². The molecule has 146 valence electrons. The number of H-pyrrole nitrogens is 1. The summed E-state index contributed by atoms with van der Waals surface area (Å²) in [6, 6.07) is 19.7. The number of nitrogens with zero attached hydrogens (tertiary/aromatic N) is 3. The minimum atomic E-state index is -0.0384. The second-order valence-corrected chi connectivity index (χ2v) is 7.52. The summed E-state index contributed by atoms with van der Waals surface area (Å²) < 4.78 is 5.64. The van der Waals surface area contributed by atoms with Gasteiger partial charge < -0.3 is 9.51 Å². The van der Waals surface area contributed by atoms with E-state index in [0.29, 0.717) is 18.3 Å². The Bertz CT molecular complexity index is 1180. The Kier molecular flexibility index (Phi) is 4.69. The van der Waals surface area contributed by atoms with Crippen molar-refractivity contribution in [3.05, 3.63) is 82.5 Å². The third-order valence-electron chi connectivity index (χ3n) is 5.58. The fraction of sp³-hybridized carbons (Fsp3) is 0.261. The van der Waals surface area contributed by atoms with Crippen LogP contribution in [0.5, 0.6) is 0 Å². The Hall–Kier alpha value is -3.25. The summed E-state index contributed by atoms with van der Waals surface area (Å²) in [4.78, 5) is 22.5. The van der Waals surface area contributed by atoms with Crippen LogP contribution in [0, 0.1) is 0 Å². The maximum absolute atomic E-state index is 12.6. The van der Waals surface area contributed by atoms with Crippen molar-refractivity contribution >= 4 is 10.9 Å². The average Bonchev–Trinajstić information content (AvgIpc) is 3.25. The van der Waals surface area contributed by atoms with Crippen LogP contribution >= 0.6 is 0 Å². The number of rotatable bonds is 4. The molecule has 3 heterocycles. The lowest BCUT2D eigenvalue weighted by molar-refractivity contribution is 0.111. The lowest BCUT2D eigenvalue weighted by Gasteiger charge is -2.33. The van der Waals surface area contributed by atoms with Gasteiger partial charge in [0.15, 0.2) is 0 Å². The van der Waals surface area contributed by atoms with Crippen molar-refractivity contribution in [2.75, 3.05) is 6.54 Å². The predicted octanol–water partition coefficient (Wildman–Crippen LogP) is 4.31. The van der Waals surface area contributed by atoms with Gasteiger partial charge in [0.05, 0.1) is 6.04 Å². The van der Waals surface area contributed by atoms with E-state index in [2.05, 4.69) is 20.0 Å². The molecule has 6 heteroatoms. The summed E-state index contributed by atoms with van der Waals surface area (Å²) in [7, 11) is 0. The van der Waals surface area contributed by atoms with Crippen LogP contribution in [0.15, 0.2) is 70.0 Å². The summed E-state index contributed by atoms with van der Waals surface area (Å²) in [6.07, 6.45) is 3.15. The second-order valence-electron chi connectivity index (χ2n) is 7.52. The van der Waals surface area contributed by atoms with Gasteiger partial charge in [-0.15, -0.1) is 0 Å². The molecular formula is C23H22N4O2. The number of aromatic nitrogens is 3. The number of likely N-dealkylation sites (tertiary alicyclic amines) is 1. The van der Waals surface area contributed by atoms with Crippen molar-refractivity contribution in [1.82, 2.24) is 20.0 Å². The number of pyridine rings is 1. The van der Waals surface area contributed by atoms with E-state index in [1.807, 2.05) is 60.7 Å². The predicted molar refractivity (Wildman–Crippen MR) is 111 cm³/mol. The number of fused-ring (bicyclic) bond motifs is 1. The molecule has 6 nitrogen and oxygen atoms in total. The van der Waals surface area contributed by atoms with E-state index >= 15 is 0 Å². The van der Waals surface area contributed by atoms with E-state index in [4.69, 9.17) is 4.52 Å². The quantitative estimate of drug-likeness (QED) is 0.566. The van der Waals surface area contributed by atoms with E-state index in [1.165, 1.54) is 0 Å². The summed E-state index contributed by atoms with van der Waals surface area (Å²) in [5.74, 6) is 1.23. The Labute approximate surface area is 168 Å². The molecule has 5 rings (SSSR count). The Balaban J connectivity index is 1.43. The molecule has 0 radical (unpaired) electrons. The zero-order chi connectivity index (χ0) is 19.6. The number of para-hydroxylation sites is 1. The molecule has 2 aromatic heterocycles. The molecule has 0 saturated carbocycles. The number of hydrogen-bond acceptors (Lipinski definition) is 5. The molecule has 1 aliphatic heterocycles. The monoisotopic (exact) mass is 386 g/mol. The fourth-order valence-corrected chi connectivity index (χ4v) is 4.06. The molecule has 1 saturated heterocycles. The Morgan fingerprint density at radius 1 is 1.07 bits per heavy atom. The topological polar surface area (TPSA) is 75.0 Å². The average molecular weight is 386 g/mol. The van der Waals surface area contributed by atoms with Crippen LogP contribution in [0.1, 0.15) is 36.8 Å². The highest BCUT2D eigenvalue weighted by Gasteiger charge is 2.29. The van der Waals surface area contributed by atoms with Crippen molar-refractivity contribution in [2.45, 2.75) is 31.8 Å². The van der Waals surface area contributed by atoms with Gasteiger partial charge >= 0.3 is 0 Å². The first kappa shape index (κ1) is 17.8. The van der Waals surface area contributed by atoms with Gasteiger partial charge in [0.1, 0.15) is 0 Å². The Morgan fingerprint density at radius 3 is 2.79 bits per heavy atom. The molecule has 0 amide bonds. The molecule has 1 aliphatic rings. The van der Waals surface area contributed by atoms with E-state index in [1.54, 1.807) is 0 Å². The van der Waals surface area contributed by atoms with E-state index in [9.17, 15) is 4.79 Å². The van der Waals surface area contributed by atoms with Gasteiger partial charge in [-0.25, -0.2) is 0 Å². The van der Waals surface area contributed by atoms with Crippen molar-refractivity contribution in [2.24, 2.45) is 0 Å². The van der Waals surface area contributed by atoms with Crippen LogP contribution in [0.4, 0.5) is 0 Å². The number of nitrogens with one attached hydrogen (secondary N) is 1. The number of piperidine rings is 1. The van der Waals surface area contributed by atoms with Gasteiger partial charge in [-0.3, -0.25) is 9.69 Å². The molecule has 1 unspecified atom stereocenters. The third kappa shape index (κ3) is 3.59. The van der Waals surface area contributed by atoms with E-state index in [0.717, 1.165) is 47.8 Å². The minimum absolute atomic E-state index is 0.0274. The van der Waals surface area contributed by atoms with Crippen LogP contribution in [0.2, 0.25) is 0 Å². The molecule has 0 spiro atoms. The first-order valence-electron chi connectivity index (χ1n) is 10.0. The normalized spacial score (nSPS) is 17.6. The maximum atomic E-state index is 12.6. The summed E-state index contributed by atoms with van der Waals surface area (Å²) in [5, 5.41) is 5.22. The molecule has 1 atom stereocenters. The highest BCUT2D eigenvalue weighted by molar-refractivity contribution is 5.78. The van der Waals surface area contributed by atoms with Crippen LogP contribution < -0.4 is 5.56 Å². The second kappa shape index (κ2) is 7.64. The maximum Gasteiger partial charge on any atom is 0.252 e. The van der Waals surface area contributed by atoms with Crippen molar-refractivity contribution in [3.63, 3.8) is 0 Å². The van der Waals surface area contributed by atoms with Gasteiger partial charge in [0.25, 0.3) is 5.56 Å². The summed E-state index contributed by atoms with van der Waals surface area (Å²) >= 11 is 0. The smallest absolute Gasteiger partial charge is 0.252 e. The van der Waals surface area contributed by atoms with Gasteiger partial charge in [-0.05, 0) is 36.9 Å². The number of benzene rings is 2. The molecule has 0 aliphatic carbocycles. The lowest BCUT2D eigenvalue weighted by atomic mass is 10.0. The highest BCUT2D eigenvalue weighted by atomic mass is 16.5. The lowest BCUT2D eigenvalue weighted by Crippen LogP contribution is -2.35. The van der Waals surface area contributed by atoms with Crippen molar-refractivity contribution in [1.29, 1.82) is 0 Å². The number of hydrogen-bond donors (Lipinski definition) is 1. The van der Waals surface area contributed by atoms with E-state index < -0.39 is 0 Å². The molecule has 0 bridgehead atoms. The standard InChI is InChI=1S/C23H22N4O2/c28-22-18(14-17-10-4-5-11-19(17)24-22)15-27-13-7-6-12-20(27)23-25-21(26-29-23)16-8-2-1-3-9-16/h1-5,8-11,14,20H,6-7,12-13,15H2,(H,24,28). The van der Waals surface area contributed by atoms with Gasteiger partial charge in [-0.1, -0.05) is 60.1 Å². The Morgan fingerprint density at radius 2 is 1.90 bits per heavy atom. The largest absolute Gasteiger partial charge is 0.337 e. The zero-order valence-electron chi connectivity index (χ0n) is 16.0. The van der Waals surface area contributed by atoms with Gasteiger partial charge in [0.2, 0.25) is 11.7 Å². The SMILES string of the molecule is O=c1[nH]c2ccccc2cc1CN1CCCCC1c1nc(-c2ccccc2)no1. The fourth-order valence-electron chi connectivity index (χ4n) is 4.06. The minimum Gasteiger partial charge on any atom is -0.337 e. The summed E-state index contributed by atoms with van der Waals surface area (Å²) in [5.41, 5.74) is 2.53. The van der Waals surface area contributed by atoms with Crippen LogP contribution in [0.3, 0.4) is 0 Å². The first-order valence-corrected chi connectivity index (χ1v) is 10.0. The van der Waals surface area contributed by atoms with E-state index in [-0.39, 0.29) is 11.6 Å². The molecule has 1 fully saturated rings.